The first-order chi connectivity index (χ1) is 36.0. The van der Waals surface area contributed by atoms with Crippen molar-refractivity contribution in [2.75, 3.05) is 37.7 Å². The molecule has 2 heterocycles. The molecule has 2 aliphatic rings. The third kappa shape index (κ3) is 22.4. The lowest BCUT2D eigenvalue weighted by Gasteiger charge is -2.29. The Morgan fingerprint density at radius 2 is 1.30 bits per heavy atom. The number of carbonyl (C=O) groups excluding carboxylic acids is 9. The van der Waals surface area contributed by atoms with Gasteiger partial charge >= 0.3 is 5.97 Å². The van der Waals surface area contributed by atoms with Crippen molar-refractivity contribution in [3.63, 3.8) is 0 Å². The van der Waals surface area contributed by atoms with E-state index in [2.05, 4.69) is 63.2 Å². The number of guanidine groups is 2. The molecule has 422 valence electrons. The average molecular weight is 1110 g/mol. The standard InChI is InChI=1S/C46H74N16O12S2/c1-5-23(2)35-43(72)60-31(19-26-12-14-27(63)15-13-26)37(66)54-20-34(64)57-32(41(70)56-25(4)44(73)74)21-75-76-22-33(61-38(67)28-9-6-16-51-28)42(71)59-29(10-7-17-52-45(47)48)39(68)55-24(3)36(65)58-30(40(69)62-35)11-8-18-53-46(49)50/h12-15,23-25,28-33,35,51,63H,5-11,16-22H2,1-4H3,(H,54,66)(H,55,68)(H,56,70)(H,57,64)(H,58,65)(H,59,71)(H,60,72)(H,61,67)(H,62,69)(H,73,74)(H4,47,48,52)(H4,49,50,53)/t23-,24-,25-,28-,29-,30-,31-,32-,33-,35-/m0/s1. The molecule has 2 aliphatic heterocycles. The van der Waals surface area contributed by atoms with Crippen molar-refractivity contribution in [2.45, 2.75) is 133 Å². The Kier molecular flexibility index (Phi) is 26.9. The van der Waals surface area contributed by atoms with E-state index in [0.717, 1.165) is 21.6 Å². The second-order valence-electron chi connectivity index (χ2n) is 18.2. The Labute approximate surface area is 448 Å². The van der Waals surface area contributed by atoms with Gasteiger partial charge in [-0.15, -0.1) is 0 Å². The summed E-state index contributed by atoms with van der Waals surface area (Å²) in [5, 5.41) is 45.7. The quantitative estimate of drug-likeness (QED) is 0.0302. The molecule has 2 saturated heterocycles. The van der Waals surface area contributed by atoms with E-state index in [1.807, 2.05) is 0 Å². The van der Waals surface area contributed by atoms with Gasteiger partial charge in [0.15, 0.2) is 11.9 Å². The predicted octanol–water partition coefficient (Wildman–Crippen LogP) is -4.65. The van der Waals surface area contributed by atoms with E-state index in [0.29, 0.717) is 31.4 Å². The number of hydrogen-bond acceptors (Lipinski definition) is 16. The molecule has 20 N–H and O–H groups in total. The summed E-state index contributed by atoms with van der Waals surface area (Å²) in [5.74, 6) is -10.2. The molecule has 0 saturated carbocycles. The van der Waals surface area contributed by atoms with E-state index >= 15 is 0 Å². The van der Waals surface area contributed by atoms with E-state index < -0.39 is 126 Å². The van der Waals surface area contributed by atoms with Gasteiger partial charge in [0.2, 0.25) is 53.2 Å². The number of nitrogens with zero attached hydrogens (tertiary/aromatic N) is 2. The minimum Gasteiger partial charge on any atom is -0.508 e. The summed E-state index contributed by atoms with van der Waals surface area (Å²) in [7, 11) is 1.97. The molecule has 0 spiro atoms. The van der Waals surface area contributed by atoms with Gasteiger partial charge in [0.25, 0.3) is 0 Å². The van der Waals surface area contributed by atoms with E-state index in [9.17, 15) is 58.2 Å². The van der Waals surface area contributed by atoms with E-state index in [4.69, 9.17) is 22.9 Å². The SMILES string of the molecule is CC[C@H](C)[C@@H]1NC(=O)[C@H](CCCN=C(N)N)NC(=O)[C@H](C)NC(=O)[C@H](CCCN=C(N)N)NC(=O)[C@@H](NC(=O)[C@@H]2CCCN2)CSSC[C@@H](C(=O)N[C@@H](C)C(=O)O)NC(=O)CNC(=O)[C@H](Cc2ccc(O)cc2)NC1=O. The van der Waals surface area contributed by atoms with Gasteiger partial charge in [0.05, 0.1) is 12.6 Å². The van der Waals surface area contributed by atoms with Crippen LogP contribution in [0.4, 0.5) is 0 Å². The number of rotatable bonds is 17. The number of carboxylic acids is 1. The molecule has 0 aromatic heterocycles. The van der Waals surface area contributed by atoms with Crippen LogP contribution in [0.25, 0.3) is 0 Å². The largest absolute Gasteiger partial charge is 0.508 e. The van der Waals surface area contributed by atoms with Crippen LogP contribution in [-0.4, -0.2) is 173 Å². The molecule has 30 heteroatoms. The van der Waals surface area contributed by atoms with Crippen LogP contribution in [-0.2, 0) is 54.4 Å². The average Bonchev–Trinajstić information content (AvgIpc) is 3.92. The first kappa shape index (κ1) is 63.2. The highest BCUT2D eigenvalue weighted by Crippen LogP contribution is 2.24. The summed E-state index contributed by atoms with van der Waals surface area (Å²) in [4.78, 5) is 145. The van der Waals surface area contributed by atoms with Crippen LogP contribution < -0.4 is 76.1 Å². The van der Waals surface area contributed by atoms with Gasteiger partial charge < -0.3 is 86.3 Å². The molecule has 3 rings (SSSR count). The summed E-state index contributed by atoms with van der Waals surface area (Å²) in [6, 6.07) is -5.77. The van der Waals surface area contributed by atoms with Crippen molar-refractivity contribution in [3.05, 3.63) is 29.8 Å². The maximum Gasteiger partial charge on any atom is 0.325 e. The summed E-state index contributed by atoms with van der Waals surface area (Å²) in [5.41, 5.74) is 22.5. The smallest absolute Gasteiger partial charge is 0.325 e. The number of aliphatic carboxylic acids is 1. The van der Waals surface area contributed by atoms with E-state index in [1.54, 1.807) is 13.8 Å². The molecule has 0 aliphatic carbocycles. The van der Waals surface area contributed by atoms with Crippen LogP contribution in [0, 0.1) is 5.92 Å². The summed E-state index contributed by atoms with van der Waals surface area (Å²) in [6.45, 7) is 5.88. The van der Waals surface area contributed by atoms with Crippen LogP contribution in [0.15, 0.2) is 34.3 Å². The minimum atomic E-state index is -1.42. The second kappa shape index (κ2) is 32.4. The van der Waals surface area contributed by atoms with E-state index in [1.165, 1.54) is 38.1 Å². The Hall–Kier alpha value is -7.08. The molecule has 0 bridgehead atoms. The number of nitrogens with one attached hydrogen (secondary N) is 10. The van der Waals surface area contributed by atoms with E-state index in [-0.39, 0.29) is 74.4 Å². The number of phenols is 1. The minimum absolute atomic E-state index is 0.0461. The predicted molar refractivity (Wildman–Crippen MR) is 284 cm³/mol. The number of nitrogens with two attached hydrogens (primary N) is 4. The lowest BCUT2D eigenvalue weighted by atomic mass is 9.96. The lowest BCUT2D eigenvalue weighted by Crippen LogP contribution is -2.60. The molecule has 28 nitrogen and oxygen atoms in total. The number of carbonyl (C=O) groups is 10. The first-order valence-electron chi connectivity index (χ1n) is 24.8. The summed E-state index contributed by atoms with van der Waals surface area (Å²) < 4.78 is 0. The molecule has 10 atom stereocenters. The molecule has 1 aromatic rings. The van der Waals surface area contributed by atoms with Crippen LogP contribution in [0.1, 0.15) is 78.2 Å². The zero-order chi connectivity index (χ0) is 56.5. The molecule has 0 unspecified atom stereocenters. The Bertz CT molecular complexity index is 2250. The highest BCUT2D eigenvalue weighted by atomic mass is 33.1. The van der Waals surface area contributed by atoms with Gasteiger partial charge in [-0.05, 0) is 82.5 Å². The number of aromatic hydroxyl groups is 1. The molecule has 2 fully saturated rings. The number of benzene rings is 1. The Morgan fingerprint density at radius 1 is 0.724 bits per heavy atom. The van der Waals surface area contributed by atoms with Gasteiger partial charge in [-0.3, -0.25) is 57.9 Å². The lowest BCUT2D eigenvalue weighted by molar-refractivity contribution is -0.141. The number of amides is 9. The van der Waals surface area contributed by atoms with Crippen molar-refractivity contribution in [1.82, 2.24) is 53.2 Å². The third-order valence-corrected chi connectivity index (χ3v) is 14.5. The van der Waals surface area contributed by atoms with Crippen molar-refractivity contribution >= 4 is 92.6 Å². The van der Waals surface area contributed by atoms with Crippen molar-refractivity contribution < 1.29 is 58.2 Å². The fourth-order valence-electron chi connectivity index (χ4n) is 7.48. The number of carboxylic acid groups (broad SMARTS) is 1. The van der Waals surface area contributed by atoms with Gasteiger partial charge in [-0.1, -0.05) is 54.0 Å². The van der Waals surface area contributed by atoms with Gasteiger partial charge in [-0.2, -0.15) is 0 Å². The monoisotopic (exact) mass is 1110 g/mol. The second-order valence-corrected chi connectivity index (χ2v) is 20.8. The summed E-state index contributed by atoms with van der Waals surface area (Å²) >= 11 is 0. The van der Waals surface area contributed by atoms with Crippen molar-refractivity contribution in [2.24, 2.45) is 38.8 Å². The summed E-state index contributed by atoms with van der Waals surface area (Å²) in [6.07, 6.45) is 1.52. The fourth-order valence-corrected chi connectivity index (χ4v) is 9.81. The normalized spacial score (nSPS) is 24.8. The number of hydrogen-bond donors (Lipinski definition) is 16. The number of aliphatic imine (C=N–C) groups is 2. The van der Waals surface area contributed by atoms with Crippen LogP contribution >= 0.6 is 21.6 Å². The third-order valence-electron chi connectivity index (χ3n) is 12.1. The van der Waals surface area contributed by atoms with Gasteiger partial charge in [0.1, 0.15) is 54.1 Å². The zero-order valence-corrected chi connectivity index (χ0v) is 44.6. The Balaban J connectivity index is 2.12. The Morgan fingerprint density at radius 3 is 1.87 bits per heavy atom. The molecule has 76 heavy (non-hydrogen) atoms. The maximum atomic E-state index is 14.3. The van der Waals surface area contributed by atoms with Crippen LogP contribution in [0.2, 0.25) is 0 Å². The molecular formula is C46H74N16O12S2. The van der Waals surface area contributed by atoms with Crippen molar-refractivity contribution in [3.8, 4) is 5.75 Å². The molecule has 9 amide bonds. The number of phenolic OH excluding ortho intramolecular Hbond substituents is 1. The van der Waals surface area contributed by atoms with Crippen LogP contribution in [0.5, 0.6) is 5.75 Å². The molecule has 1 aromatic carbocycles. The highest BCUT2D eigenvalue weighted by Gasteiger charge is 2.35. The first-order valence-corrected chi connectivity index (χ1v) is 27.3. The molecule has 0 radical (unpaired) electrons. The van der Waals surface area contributed by atoms with Crippen LogP contribution in [0.3, 0.4) is 0 Å². The molecular weight excluding hydrogens is 1030 g/mol. The zero-order valence-electron chi connectivity index (χ0n) is 43.0. The fraction of sp³-hybridized carbons (Fsp3) is 0.609. The topological polar surface area (TPSA) is 460 Å². The van der Waals surface area contributed by atoms with Gasteiger partial charge in [-0.25, -0.2) is 0 Å². The van der Waals surface area contributed by atoms with Gasteiger partial charge in [0, 0.05) is 31.0 Å². The highest BCUT2D eigenvalue weighted by molar-refractivity contribution is 8.76. The van der Waals surface area contributed by atoms with Crippen molar-refractivity contribution in [1.29, 1.82) is 0 Å². The maximum absolute atomic E-state index is 14.3.